The Bertz CT molecular complexity index is 1550. The monoisotopic (exact) mass is 921 g/mol. The van der Waals surface area contributed by atoms with Gasteiger partial charge in [0.15, 0.2) is 6.10 Å². The Morgan fingerprint density at radius 1 is 0.562 bits per heavy atom. The van der Waals surface area contributed by atoms with Crippen LogP contribution in [-0.2, 0) is 32.7 Å². The number of phosphoric ester groups is 1. The van der Waals surface area contributed by atoms with E-state index in [1.165, 1.54) is 0 Å². The van der Waals surface area contributed by atoms with Gasteiger partial charge in [-0.25, -0.2) is 4.57 Å². The Hall–Kier alpha value is -3.53. The quantitative estimate of drug-likeness (QED) is 0.0106. The second-order valence-electron chi connectivity index (χ2n) is 15.3. The number of rotatable bonds is 35. The summed E-state index contributed by atoms with van der Waals surface area (Å²) in [5.41, 5.74) is 0. The van der Waals surface area contributed by atoms with Gasteiger partial charge in [0.05, 0.1) is 12.7 Å². The van der Waals surface area contributed by atoms with Crippen molar-refractivity contribution in [3.05, 3.63) is 109 Å². The normalized spacial score (nSPS) is 23.1. The van der Waals surface area contributed by atoms with E-state index in [1.807, 2.05) is 12.2 Å². The molecule has 0 bridgehead atoms. The first-order valence-corrected chi connectivity index (χ1v) is 24.3. The number of aliphatic hydroxyl groups is 6. The average molecular weight is 921 g/mol. The summed E-state index contributed by atoms with van der Waals surface area (Å²) in [6.45, 7) is 2.86. The molecule has 0 radical (unpaired) electrons. The van der Waals surface area contributed by atoms with Crippen molar-refractivity contribution in [1.82, 2.24) is 0 Å². The highest BCUT2D eigenvalue weighted by molar-refractivity contribution is 7.47. The highest BCUT2D eigenvalue weighted by Crippen LogP contribution is 2.47. The SMILES string of the molecule is CC/C=C\C/C=C\C/C=C\C/C=C\C=C\C(O)CCCC(=O)O[C@H](COC(=O)CCCCCC/C=C\C/C=C\C/C=C\C/C=C\CC)COP(=O)(O)OC1[C@H](O)[C@H](O)C(O)[C@H](O)[C@H]1O. The minimum absolute atomic E-state index is 0.0907. The van der Waals surface area contributed by atoms with Gasteiger partial charge in [0, 0.05) is 12.8 Å². The Kier molecular flexibility index (Phi) is 34.4. The molecule has 0 aromatic heterocycles. The Morgan fingerprint density at radius 3 is 1.58 bits per heavy atom. The lowest BCUT2D eigenvalue weighted by Crippen LogP contribution is -2.64. The summed E-state index contributed by atoms with van der Waals surface area (Å²) in [6, 6.07) is 0. The smallest absolute Gasteiger partial charge is 0.462 e. The van der Waals surface area contributed by atoms with Crippen molar-refractivity contribution < 1.29 is 68.2 Å². The molecule has 9 atom stereocenters. The average Bonchev–Trinajstić information content (AvgIpc) is 3.27. The van der Waals surface area contributed by atoms with Crippen LogP contribution in [0.25, 0.3) is 0 Å². The number of esters is 2. The molecule has 1 saturated carbocycles. The highest BCUT2D eigenvalue weighted by Gasteiger charge is 2.51. The van der Waals surface area contributed by atoms with Gasteiger partial charge in [-0.1, -0.05) is 136 Å². The number of phosphoric acid groups is 1. The molecule has 1 rings (SSSR count). The molecule has 1 fully saturated rings. The number of ether oxygens (including phenoxy) is 2. The molecule has 1 aliphatic rings. The lowest BCUT2D eigenvalue weighted by Gasteiger charge is -2.41. The third kappa shape index (κ3) is 29.8. The maximum absolute atomic E-state index is 12.8. The molecule has 0 aromatic rings. The van der Waals surface area contributed by atoms with Crippen LogP contribution in [0.5, 0.6) is 0 Å². The van der Waals surface area contributed by atoms with E-state index >= 15 is 0 Å². The summed E-state index contributed by atoms with van der Waals surface area (Å²) >= 11 is 0. The van der Waals surface area contributed by atoms with Gasteiger partial charge in [-0.2, -0.15) is 0 Å². The molecule has 0 heterocycles. The summed E-state index contributed by atoms with van der Waals surface area (Å²) < 4.78 is 33.3. The van der Waals surface area contributed by atoms with Crippen LogP contribution in [-0.4, -0.2) is 110 Å². The lowest BCUT2D eigenvalue weighted by molar-refractivity contribution is -0.220. The predicted octanol–water partition coefficient (Wildman–Crippen LogP) is 7.80. The Balaban J connectivity index is 2.59. The van der Waals surface area contributed by atoms with Gasteiger partial charge < -0.3 is 45.0 Å². The standard InChI is InChI=1S/C49H77O14P/c1-3-5-7-9-11-13-15-17-18-19-20-22-24-26-28-30-32-36-42(51)60-38-41(39-61-64(58,59)63-49-47(56)45(54)44(53)46(55)48(49)57)62-43(52)37-33-35-40(50)34-31-29-27-25-23-21-16-14-12-10-8-6-4-2/h5-8,11-14,17-18,20-23,27,29,31,34,40-41,44-50,53-57H,3-4,9-10,15-16,19,24-26,28,30,32-33,35-39H2,1-2H3,(H,58,59)/b7-5-,8-6-,13-11-,14-12-,18-17-,22-20-,23-21-,29-27-,34-31+/t40?,41-,44?,45-,46+,47-,48-,49?/m1/s1. The van der Waals surface area contributed by atoms with Crippen molar-refractivity contribution in [3.8, 4) is 0 Å². The molecule has 7 N–H and O–H groups in total. The molecule has 14 nitrogen and oxygen atoms in total. The van der Waals surface area contributed by atoms with Gasteiger partial charge in [-0.3, -0.25) is 18.6 Å². The highest BCUT2D eigenvalue weighted by atomic mass is 31.2. The number of carbonyl (C=O) groups is 2. The number of hydrogen-bond acceptors (Lipinski definition) is 13. The van der Waals surface area contributed by atoms with Crippen molar-refractivity contribution in [3.63, 3.8) is 0 Å². The van der Waals surface area contributed by atoms with Crippen LogP contribution in [0.15, 0.2) is 109 Å². The summed E-state index contributed by atoms with van der Waals surface area (Å²) in [5.74, 6) is -1.35. The third-order valence-corrected chi connectivity index (χ3v) is 10.7. The molecule has 1 aliphatic carbocycles. The van der Waals surface area contributed by atoms with Gasteiger partial charge in [-0.15, -0.1) is 0 Å². The Morgan fingerprint density at radius 2 is 1.03 bits per heavy atom. The number of hydrogen-bond donors (Lipinski definition) is 7. The van der Waals surface area contributed by atoms with Crippen LogP contribution in [0.1, 0.15) is 123 Å². The van der Waals surface area contributed by atoms with E-state index < -0.39 is 81.8 Å². The number of aliphatic hydroxyl groups excluding tert-OH is 6. The van der Waals surface area contributed by atoms with E-state index in [1.54, 1.807) is 12.2 Å². The van der Waals surface area contributed by atoms with Crippen LogP contribution >= 0.6 is 7.82 Å². The fraction of sp³-hybridized carbons (Fsp3) is 0.592. The molecule has 0 amide bonds. The van der Waals surface area contributed by atoms with Crippen LogP contribution in [0.4, 0.5) is 0 Å². The number of allylic oxidation sites excluding steroid dienone is 17. The van der Waals surface area contributed by atoms with E-state index in [-0.39, 0.29) is 25.7 Å². The number of carbonyl (C=O) groups excluding carboxylic acids is 2. The van der Waals surface area contributed by atoms with Crippen molar-refractivity contribution in [2.75, 3.05) is 13.2 Å². The molecule has 362 valence electrons. The third-order valence-electron chi connectivity index (χ3n) is 9.71. The summed E-state index contributed by atoms with van der Waals surface area (Å²) in [6.07, 6.45) is 34.4. The predicted molar refractivity (Wildman–Crippen MR) is 250 cm³/mol. The van der Waals surface area contributed by atoms with Gasteiger partial charge in [0.1, 0.15) is 43.2 Å². The van der Waals surface area contributed by atoms with E-state index in [0.29, 0.717) is 6.42 Å². The Labute approximate surface area is 381 Å². The van der Waals surface area contributed by atoms with E-state index in [4.69, 9.17) is 18.5 Å². The zero-order valence-electron chi connectivity index (χ0n) is 37.9. The van der Waals surface area contributed by atoms with Crippen LogP contribution in [0, 0.1) is 0 Å². The second kappa shape index (κ2) is 37.7. The van der Waals surface area contributed by atoms with Gasteiger partial charge in [0.2, 0.25) is 0 Å². The van der Waals surface area contributed by atoms with Crippen LogP contribution in [0.2, 0.25) is 0 Å². The fourth-order valence-electron chi connectivity index (χ4n) is 6.07. The molecule has 64 heavy (non-hydrogen) atoms. The van der Waals surface area contributed by atoms with Crippen molar-refractivity contribution >= 4 is 19.8 Å². The van der Waals surface area contributed by atoms with Crippen molar-refractivity contribution in [2.45, 2.75) is 172 Å². The van der Waals surface area contributed by atoms with Crippen LogP contribution < -0.4 is 0 Å². The first-order chi connectivity index (χ1) is 30.8. The lowest BCUT2D eigenvalue weighted by atomic mass is 9.85. The molecule has 0 saturated heterocycles. The van der Waals surface area contributed by atoms with E-state index in [9.17, 15) is 49.7 Å². The molecule has 0 aliphatic heterocycles. The van der Waals surface area contributed by atoms with Crippen molar-refractivity contribution in [2.24, 2.45) is 0 Å². The topological polar surface area (TPSA) is 230 Å². The molecular weight excluding hydrogens is 843 g/mol. The molecule has 0 spiro atoms. The summed E-state index contributed by atoms with van der Waals surface area (Å²) in [7, 11) is -5.19. The van der Waals surface area contributed by atoms with Gasteiger partial charge >= 0.3 is 19.8 Å². The molecule has 4 unspecified atom stereocenters. The van der Waals surface area contributed by atoms with Crippen molar-refractivity contribution in [1.29, 1.82) is 0 Å². The fourth-order valence-corrected chi connectivity index (χ4v) is 7.04. The second-order valence-corrected chi connectivity index (χ2v) is 16.7. The molecular formula is C49H77O14P. The number of unbranched alkanes of at least 4 members (excludes halogenated alkanes) is 4. The zero-order chi connectivity index (χ0) is 47.3. The minimum Gasteiger partial charge on any atom is -0.462 e. The van der Waals surface area contributed by atoms with Gasteiger partial charge in [-0.05, 0) is 83.5 Å². The maximum atomic E-state index is 12.8. The van der Waals surface area contributed by atoms with Crippen LogP contribution in [0.3, 0.4) is 0 Å². The zero-order valence-corrected chi connectivity index (χ0v) is 38.8. The molecule has 15 heteroatoms. The van der Waals surface area contributed by atoms with Gasteiger partial charge in [0.25, 0.3) is 0 Å². The van der Waals surface area contributed by atoms with E-state index in [2.05, 4.69) is 98.9 Å². The molecule has 0 aromatic carbocycles. The van der Waals surface area contributed by atoms with E-state index in [0.717, 1.165) is 77.0 Å². The minimum atomic E-state index is -5.19. The first-order valence-electron chi connectivity index (χ1n) is 22.8. The first kappa shape index (κ1) is 58.5. The summed E-state index contributed by atoms with van der Waals surface area (Å²) in [4.78, 5) is 35.7. The summed E-state index contributed by atoms with van der Waals surface area (Å²) in [5, 5.41) is 60.5. The largest absolute Gasteiger partial charge is 0.472 e. The maximum Gasteiger partial charge on any atom is 0.472 e.